The Morgan fingerprint density at radius 1 is 1.07 bits per heavy atom. The van der Waals surface area contributed by atoms with Gasteiger partial charge in [-0.25, -0.2) is 4.99 Å². The maximum Gasteiger partial charge on any atom is 0.269 e. The van der Waals surface area contributed by atoms with Crippen molar-refractivity contribution in [3.63, 3.8) is 0 Å². The monoisotopic (exact) mass is 364 g/mol. The lowest BCUT2D eigenvalue weighted by Crippen LogP contribution is -2.10. The van der Waals surface area contributed by atoms with E-state index >= 15 is 0 Å². The largest absolute Gasteiger partial charge is 0.506 e. The van der Waals surface area contributed by atoms with Gasteiger partial charge in [-0.2, -0.15) is 0 Å². The molecular weight excluding hydrogens is 344 g/mol. The van der Waals surface area contributed by atoms with Gasteiger partial charge in [-0.15, -0.1) is 0 Å². The lowest BCUT2D eigenvalue weighted by atomic mass is 9.87. The fraction of sp³-hybridized carbons (Fsp3) is 0.190. The van der Waals surface area contributed by atoms with E-state index in [0.29, 0.717) is 17.2 Å². The molecule has 0 aliphatic heterocycles. The Labute approximate surface area is 157 Å². The normalized spacial score (nSPS) is 11.8. The van der Waals surface area contributed by atoms with Crippen LogP contribution in [0.1, 0.15) is 32.1 Å². The van der Waals surface area contributed by atoms with Crippen molar-refractivity contribution in [3.8, 4) is 17.1 Å². The summed E-state index contributed by atoms with van der Waals surface area (Å²) in [5.74, 6) is 1.20. The summed E-state index contributed by atoms with van der Waals surface area (Å²) in [6.07, 6.45) is 1.54. The summed E-state index contributed by atoms with van der Waals surface area (Å²) in [6, 6.07) is 15.0. The fourth-order valence-corrected chi connectivity index (χ4v) is 2.55. The van der Waals surface area contributed by atoms with Crippen LogP contribution in [0.4, 0.5) is 11.4 Å². The maximum atomic E-state index is 10.7. The molecule has 6 heteroatoms. The second kappa shape index (κ2) is 7.07. The van der Waals surface area contributed by atoms with Gasteiger partial charge in [0.15, 0.2) is 0 Å². The summed E-state index contributed by atoms with van der Waals surface area (Å²) < 4.78 is 5.73. The second-order valence-electron chi connectivity index (χ2n) is 7.22. The van der Waals surface area contributed by atoms with Crippen LogP contribution >= 0.6 is 0 Å². The molecule has 0 spiro atoms. The number of furan rings is 1. The molecule has 1 aromatic heterocycles. The zero-order chi connectivity index (χ0) is 19.6. The van der Waals surface area contributed by atoms with Crippen molar-refractivity contribution >= 4 is 17.6 Å². The molecule has 0 unspecified atom stereocenters. The number of aliphatic imine (C=N–C) groups is 1. The highest BCUT2D eigenvalue weighted by atomic mass is 16.6. The summed E-state index contributed by atoms with van der Waals surface area (Å²) in [4.78, 5) is 14.6. The summed E-state index contributed by atoms with van der Waals surface area (Å²) in [5, 5.41) is 20.8. The average Bonchev–Trinajstić information content (AvgIpc) is 3.09. The lowest BCUT2D eigenvalue weighted by Gasteiger charge is -2.19. The minimum absolute atomic E-state index is 0.0290. The molecular formula is C21H20N2O4. The van der Waals surface area contributed by atoms with E-state index in [2.05, 4.69) is 25.8 Å². The minimum Gasteiger partial charge on any atom is -0.506 e. The Morgan fingerprint density at radius 3 is 2.41 bits per heavy atom. The number of aromatic hydroxyl groups is 1. The van der Waals surface area contributed by atoms with Crippen molar-refractivity contribution in [2.75, 3.05) is 0 Å². The molecule has 27 heavy (non-hydrogen) atoms. The van der Waals surface area contributed by atoms with E-state index < -0.39 is 4.92 Å². The third kappa shape index (κ3) is 4.23. The molecule has 0 aliphatic rings. The van der Waals surface area contributed by atoms with Crippen molar-refractivity contribution < 1.29 is 14.4 Å². The quantitative estimate of drug-likeness (QED) is 0.370. The van der Waals surface area contributed by atoms with Gasteiger partial charge in [0.1, 0.15) is 23.0 Å². The SMILES string of the molecule is CC(C)(C)c1ccc(O)c(N=Cc2ccc(-c3ccc([N+](=O)[O-])cc3)o2)c1. The zero-order valence-electron chi connectivity index (χ0n) is 15.3. The van der Waals surface area contributed by atoms with Crippen molar-refractivity contribution in [1.29, 1.82) is 0 Å². The molecule has 3 aromatic rings. The highest BCUT2D eigenvalue weighted by Crippen LogP contribution is 2.32. The van der Waals surface area contributed by atoms with Crippen LogP contribution < -0.4 is 0 Å². The van der Waals surface area contributed by atoms with Crippen LogP contribution in [-0.4, -0.2) is 16.2 Å². The van der Waals surface area contributed by atoms with Crippen LogP contribution in [0.2, 0.25) is 0 Å². The van der Waals surface area contributed by atoms with E-state index in [4.69, 9.17) is 4.42 Å². The summed E-state index contributed by atoms with van der Waals surface area (Å²) in [7, 11) is 0. The topological polar surface area (TPSA) is 88.9 Å². The first-order valence-corrected chi connectivity index (χ1v) is 8.46. The minimum atomic E-state index is -0.442. The van der Waals surface area contributed by atoms with Crippen LogP contribution in [0.15, 0.2) is 64.0 Å². The first-order chi connectivity index (χ1) is 12.7. The molecule has 0 saturated heterocycles. The number of nitro groups is 1. The molecule has 0 radical (unpaired) electrons. The fourth-order valence-electron chi connectivity index (χ4n) is 2.55. The van der Waals surface area contributed by atoms with Crippen LogP contribution in [-0.2, 0) is 5.41 Å². The van der Waals surface area contributed by atoms with Crippen LogP contribution in [0, 0.1) is 10.1 Å². The van der Waals surface area contributed by atoms with E-state index in [1.54, 1.807) is 30.3 Å². The zero-order valence-corrected chi connectivity index (χ0v) is 15.3. The van der Waals surface area contributed by atoms with Gasteiger partial charge in [0, 0.05) is 17.7 Å². The smallest absolute Gasteiger partial charge is 0.269 e. The van der Waals surface area contributed by atoms with Gasteiger partial charge in [0.25, 0.3) is 5.69 Å². The standard InChI is InChI=1S/C21H20N2O4/c1-21(2,3)15-6-10-19(24)18(12-15)22-13-17-9-11-20(27-17)14-4-7-16(8-5-14)23(25)26/h4-13,24H,1-3H3. The molecule has 0 aliphatic carbocycles. The van der Waals surface area contributed by atoms with E-state index in [-0.39, 0.29) is 16.9 Å². The van der Waals surface area contributed by atoms with Crippen molar-refractivity contribution in [1.82, 2.24) is 0 Å². The van der Waals surface area contributed by atoms with E-state index in [9.17, 15) is 15.2 Å². The number of rotatable bonds is 4. The number of phenols is 1. The van der Waals surface area contributed by atoms with Crippen LogP contribution in [0.3, 0.4) is 0 Å². The molecule has 0 atom stereocenters. The van der Waals surface area contributed by atoms with Gasteiger partial charge in [0.05, 0.1) is 11.1 Å². The predicted octanol–water partition coefficient (Wildman–Crippen LogP) is 5.61. The molecule has 0 saturated carbocycles. The highest BCUT2D eigenvalue weighted by molar-refractivity contribution is 5.81. The molecule has 1 heterocycles. The van der Waals surface area contributed by atoms with E-state index in [1.807, 2.05) is 12.1 Å². The third-order valence-electron chi connectivity index (χ3n) is 4.16. The van der Waals surface area contributed by atoms with Gasteiger partial charge in [-0.1, -0.05) is 26.8 Å². The van der Waals surface area contributed by atoms with Gasteiger partial charge in [0.2, 0.25) is 0 Å². The molecule has 0 bridgehead atoms. The summed E-state index contributed by atoms with van der Waals surface area (Å²) in [6.45, 7) is 6.28. The van der Waals surface area contributed by atoms with E-state index in [1.165, 1.54) is 18.3 Å². The maximum absolute atomic E-state index is 10.7. The van der Waals surface area contributed by atoms with E-state index in [0.717, 1.165) is 11.1 Å². The first-order valence-electron chi connectivity index (χ1n) is 8.46. The van der Waals surface area contributed by atoms with Gasteiger partial charge >= 0.3 is 0 Å². The highest BCUT2D eigenvalue weighted by Gasteiger charge is 2.15. The van der Waals surface area contributed by atoms with Crippen molar-refractivity contribution in [2.24, 2.45) is 4.99 Å². The number of non-ortho nitro benzene ring substituents is 1. The number of nitro benzene ring substituents is 1. The molecule has 0 fully saturated rings. The summed E-state index contributed by atoms with van der Waals surface area (Å²) >= 11 is 0. The number of hydrogen-bond donors (Lipinski definition) is 1. The van der Waals surface area contributed by atoms with Crippen LogP contribution in [0.25, 0.3) is 11.3 Å². The van der Waals surface area contributed by atoms with Gasteiger partial charge in [-0.05, 0) is 47.4 Å². The number of nitrogens with zero attached hydrogens (tertiary/aromatic N) is 2. The Hall–Kier alpha value is -3.41. The van der Waals surface area contributed by atoms with Gasteiger partial charge in [-0.3, -0.25) is 10.1 Å². The number of hydrogen-bond acceptors (Lipinski definition) is 5. The Balaban J connectivity index is 1.82. The molecule has 2 aromatic carbocycles. The summed E-state index contributed by atoms with van der Waals surface area (Å²) in [5.41, 5.74) is 2.25. The Kier molecular flexibility index (Phi) is 4.81. The third-order valence-corrected chi connectivity index (χ3v) is 4.16. The predicted molar refractivity (Wildman–Crippen MR) is 105 cm³/mol. The first kappa shape index (κ1) is 18.4. The van der Waals surface area contributed by atoms with Crippen molar-refractivity contribution in [3.05, 3.63) is 76.0 Å². The molecule has 1 N–H and O–H groups in total. The Morgan fingerprint density at radius 2 is 1.78 bits per heavy atom. The van der Waals surface area contributed by atoms with Crippen molar-refractivity contribution in [2.45, 2.75) is 26.2 Å². The average molecular weight is 364 g/mol. The lowest BCUT2D eigenvalue weighted by molar-refractivity contribution is -0.384. The molecule has 138 valence electrons. The Bertz CT molecular complexity index is 996. The molecule has 3 rings (SSSR count). The van der Waals surface area contributed by atoms with Gasteiger partial charge < -0.3 is 9.52 Å². The molecule has 6 nitrogen and oxygen atoms in total. The number of phenolic OH excluding ortho intramolecular Hbond substituents is 1. The second-order valence-corrected chi connectivity index (χ2v) is 7.22. The molecule has 0 amide bonds. The van der Waals surface area contributed by atoms with Crippen LogP contribution in [0.5, 0.6) is 5.75 Å². The number of benzene rings is 2.